The molecule has 0 spiro atoms. The third-order valence-corrected chi connectivity index (χ3v) is 2.99. The van der Waals surface area contributed by atoms with Crippen molar-refractivity contribution in [2.45, 2.75) is 51.9 Å². The number of nitrogens with zero attached hydrogens (tertiary/aromatic N) is 1. The molecule has 1 amide bonds. The van der Waals surface area contributed by atoms with E-state index < -0.39 is 0 Å². The van der Waals surface area contributed by atoms with Gasteiger partial charge in [-0.25, -0.2) is 0 Å². The smallest absolute Gasteiger partial charge is 0.290 e. The number of amides is 1. The van der Waals surface area contributed by atoms with E-state index in [-0.39, 0.29) is 6.47 Å². The van der Waals surface area contributed by atoms with E-state index in [4.69, 9.17) is 9.90 Å². The molecule has 19 heavy (non-hydrogen) atoms. The summed E-state index contributed by atoms with van der Waals surface area (Å²) < 4.78 is 0. The van der Waals surface area contributed by atoms with Gasteiger partial charge in [0, 0.05) is 13.6 Å². The van der Waals surface area contributed by atoms with Crippen LogP contribution in [0.25, 0.3) is 0 Å². The Bertz CT molecular complexity index is 213. The normalized spacial score (nSPS) is 13.4. The topological polar surface area (TPSA) is 57.6 Å². The Kier molecular flexibility index (Phi) is 17.6. The first-order valence-electron chi connectivity index (χ1n) is 6.96. The van der Waals surface area contributed by atoms with Gasteiger partial charge in [-0.05, 0) is 25.2 Å². The van der Waals surface area contributed by atoms with Crippen LogP contribution in [-0.4, -0.2) is 36.5 Å². The summed E-state index contributed by atoms with van der Waals surface area (Å²) in [6.45, 7) is 6.56. The van der Waals surface area contributed by atoms with Gasteiger partial charge in [0.2, 0.25) is 6.41 Å². The molecule has 0 unspecified atom stereocenters. The first-order chi connectivity index (χ1) is 9.12. The Morgan fingerprint density at radius 3 is 2.11 bits per heavy atom. The third-order valence-electron chi connectivity index (χ3n) is 2.99. The van der Waals surface area contributed by atoms with Gasteiger partial charge < -0.3 is 10.0 Å². The average Bonchev–Trinajstić information content (AvgIpc) is 2.87. The minimum atomic E-state index is -0.250. The Balaban J connectivity index is 0. The fourth-order valence-electron chi connectivity index (χ4n) is 1.83. The molecule has 1 fully saturated rings. The monoisotopic (exact) mass is 271 g/mol. The fraction of sp³-hybridized carbons (Fsp3) is 0.733. The van der Waals surface area contributed by atoms with Gasteiger partial charge >= 0.3 is 0 Å². The highest BCUT2D eigenvalue weighted by atomic mass is 16.3. The maximum Gasteiger partial charge on any atom is 0.290 e. The SMILES string of the molecule is C=CCCCCN(C)C=O.CC1CCCC1.O=CO. The maximum atomic E-state index is 10.1. The fourth-order valence-corrected chi connectivity index (χ4v) is 1.83. The molecule has 0 saturated heterocycles. The molecule has 112 valence electrons. The summed E-state index contributed by atoms with van der Waals surface area (Å²) >= 11 is 0. The second-order valence-corrected chi connectivity index (χ2v) is 4.87. The van der Waals surface area contributed by atoms with Crippen LogP contribution in [-0.2, 0) is 9.59 Å². The number of allylic oxidation sites excluding steroid dienone is 1. The van der Waals surface area contributed by atoms with Crippen molar-refractivity contribution >= 4 is 12.9 Å². The third kappa shape index (κ3) is 19.2. The lowest BCUT2D eigenvalue weighted by Gasteiger charge is -2.08. The molecule has 1 aliphatic carbocycles. The van der Waals surface area contributed by atoms with Crippen LogP contribution in [0.2, 0.25) is 0 Å². The Morgan fingerprint density at radius 1 is 1.26 bits per heavy atom. The molecule has 1 saturated carbocycles. The van der Waals surface area contributed by atoms with Crippen molar-refractivity contribution in [1.82, 2.24) is 4.90 Å². The number of carbonyl (C=O) groups is 2. The van der Waals surface area contributed by atoms with Crippen molar-refractivity contribution in [3.05, 3.63) is 12.7 Å². The largest absolute Gasteiger partial charge is 0.483 e. The zero-order chi connectivity index (χ0) is 14.9. The van der Waals surface area contributed by atoms with E-state index in [0.29, 0.717) is 0 Å². The van der Waals surface area contributed by atoms with Crippen LogP contribution in [0.15, 0.2) is 12.7 Å². The highest BCUT2D eigenvalue weighted by molar-refractivity contribution is 5.46. The lowest BCUT2D eigenvalue weighted by Crippen LogP contribution is -2.16. The summed E-state index contributed by atoms with van der Waals surface area (Å²) in [7, 11) is 1.79. The Hall–Kier alpha value is -1.32. The molecular weight excluding hydrogens is 242 g/mol. The number of rotatable bonds is 6. The molecule has 0 aromatic rings. The van der Waals surface area contributed by atoms with Crippen LogP contribution in [0.4, 0.5) is 0 Å². The molecule has 0 atom stereocenters. The lowest BCUT2D eigenvalue weighted by atomic mass is 10.2. The zero-order valence-corrected chi connectivity index (χ0v) is 12.4. The van der Waals surface area contributed by atoms with Crippen LogP contribution in [0.3, 0.4) is 0 Å². The highest BCUT2D eigenvalue weighted by Gasteiger charge is 2.07. The van der Waals surface area contributed by atoms with Gasteiger partial charge in [-0.3, -0.25) is 9.59 Å². The summed E-state index contributed by atoms with van der Waals surface area (Å²) in [5, 5.41) is 6.89. The molecule has 0 radical (unpaired) electrons. The van der Waals surface area contributed by atoms with E-state index in [1.165, 1.54) is 25.7 Å². The number of carboxylic acid groups (broad SMARTS) is 1. The minimum absolute atomic E-state index is 0.250. The van der Waals surface area contributed by atoms with Crippen molar-refractivity contribution in [2.75, 3.05) is 13.6 Å². The van der Waals surface area contributed by atoms with Gasteiger partial charge in [-0.1, -0.05) is 38.7 Å². The van der Waals surface area contributed by atoms with Crippen molar-refractivity contribution in [2.24, 2.45) is 5.92 Å². The average molecular weight is 271 g/mol. The molecule has 4 nitrogen and oxygen atoms in total. The van der Waals surface area contributed by atoms with E-state index in [1.807, 2.05) is 6.08 Å². The van der Waals surface area contributed by atoms with E-state index >= 15 is 0 Å². The number of hydrogen-bond donors (Lipinski definition) is 1. The standard InChI is InChI=1S/C8H15NO.C6H12.CH2O2/c1-3-4-5-6-7-9(2)8-10;1-6-4-2-3-5-6;2-1-3/h3,8H,1,4-7H2,2H3;6H,2-5H2,1H3;1H,(H,2,3). The van der Waals surface area contributed by atoms with Crippen LogP contribution in [0.1, 0.15) is 51.9 Å². The van der Waals surface area contributed by atoms with Crippen LogP contribution >= 0.6 is 0 Å². The Labute approximate surface area is 117 Å². The first kappa shape index (κ1) is 20.0. The molecular formula is C15H29NO3. The summed E-state index contributed by atoms with van der Waals surface area (Å²) in [4.78, 5) is 20.1. The zero-order valence-electron chi connectivity index (χ0n) is 12.4. The van der Waals surface area contributed by atoms with Gasteiger partial charge in [0.05, 0.1) is 0 Å². The summed E-state index contributed by atoms with van der Waals surface area (Å²) in [5.41, 5.74) is 0. The van der Waals surface area contributed by atoms with Crippen molar-refractivity contribution in [3.8, 4) is 0 Å². The maximum absolute atomic E-state index is 10.1. The van der Waals surface area contributed by atoms with Crippen molar-refractivity contribution < 1.29 is 14.7 Å². The molecule has 1 rings (SSSR count). The van der Waals surface area contributed by atoms with Crippen LogP contribution in [0.5, 0.6) is 0 Å². The van der Waals surface area contributed by atoms with Gasteiger partial charge in [0.15, 0.2) is 0 Å². The lowest BCUT2D eigenvalue weighted by molar-refractivity contribution is -0.123. The molecule has 0 aromatic heterocycles. The molecule has 0 aliphatic heterocycles. The molecule has 0 aromatic carbocycles. The molecule has 1 N–H and O–H groups in total. The van der Waals surface area contributed by atoms with Gasteiger partial charge in [0.25, 0.3) is 6.47 Å². The first-order valence-corrected chi connectivity index (χ1v) is 6.96. The van der Waals surface area contributed by atoms with E-state index in [9.17, 15) is 4.79 Å². The van der Waals surface area contributed by atoms with Gasteiger partial charge in [-0.15, -0.1) is 6.58 Å². The quantitative estimate of drug-likeness (QED) is 0.458. The van der Waals surface area contributed by atoms with Crippen LogP contribution in [0, 0.1) is 5.92 Å². The predicted octanol–water partition coefficient (Wildman–Crippen LogP) is 3.33. The van der Waals surface area contributed by atoms with Gasteiger partial charge in [-0.2, -0.15) is 0 Å². The predicted molar refractivity (Wildman–Crippen MR) is 79.1 cm³/mol. The van der Waals surface area contributed by atoms with Crippen molar-refractivity contribution in [1.29, 1.82) is 0 Å². The number of hydrogen-bond acceptors (Lipinski definition) is 2. The summed E-state index contributed by atoms with van der Waals surface area (Å²) in [6.07, 6.45) is 12.0. The number of unbranched alkanes of at least 4 members (excludes halogenated alkanes) is 2. The van der Waals surface area contributed by atoms with Crippen LogP contribution < -0.4 is 0 Å². The molecule has 1 aliphatic rings. The minimum Gasteiger partial charge on any atom is -0.483 e. The molecule has 0 heterocycles. The second kappa shape index (κ2) is 16.7. The molecule has 0 bridgehead atoms. The highest BCUT2D eigenvalue weighted by Crippen LogP contribution is 2.22. The van der Waals surface area contributed by atoms with E-state index in [0.717, 1.165) is 38.1 Å². The number of carbonyl (C=O) groups excluding carboxylic acids is 1. The Morgan fingerprint density at radius 2 is 1.79 bits per heavy atom. The van der Waals surface area contributed by atoms with E-state index in [2.05, 4.69) is 13.5 Å². The van der Waals surface area contributed by atoms with Gasteiger partial charge in [0.1, 0.15) is 0 Å². The summed E-state index contributed by atoms with van der Waals surface area (Å²) in [6, 6.07) is 0. The second-order valence-electron chi connectivity index (χ2n) is 4.87. The van der Waals surface area contributed by atoms with E-state index in [1.54, 1.807) is 11.9 Å². The van der Waals surface area contributed by atoms with Crippen molar-refractivity contribution in [3.63, 3.8) is 0 Å². The molecule has 4 heteroatoms. The summed E-state index contributed by atoms with van der Waals surface area (Å²) in [5.74, 6) is 1.05.